The number of nitrogens with zero attached hydrogens (tertiary/aromatic N) is 2. The van der Waals surface area contributed by atoms with Gasteiger partial charge >= 0.3 is 0 Å². The standard InChI is InChI=1S/C15H19N3O/c1-3-18-10(2)14(9-17-18)12-6-11-4-5-19-15(11)13(7-12)8-16/h6-7,9H,3-5,8,16H2,1-2H3. The van der Waals surface area contributed by atoms with Gasteiger partial charge in [0, 0.05) is 36.3 Å². The lowest BCUT2D eigenvalue weighted by Crippen LogP contribution is -2.01. The largest absolute Gasteiger partial charge is 0.493 e. The molecule has 0 unspecified atom stereocenters. The molecule has 2 aromatic rings. The Hall–Kier alpha value is -1.81. The van der Waals surface area contributed by atoms with E-state index in [0.717, 1.165) is 30.9 Å². The van der Waals surface area contributed by atoms with Gasteiger partial charge in [-0.2, -0.15) is 5.10 Å². The van der Waals surface area contributed by atoms with Crippen LogP contribution in [0.1, 0.15) is 23.7 Å². The first kappa shape index (κ1) is 12.2. The van der Waals surface area contributed by atoms with Gasteiger partial charge in [-0.1, -0.05) is 0 Å². The van der Waals surface area contributed by atoms with Gasteiger partial charge in [0.1, 0.15) is 5.75 Å². The van der Waals surface area contributed by atoms with Gasteiger partial charge in [0.2, 0.25) is 0 Å². The van der Waals surface area contributed by atoms with E-state index in [2.05, 4.69) is 31.1 Å². The molecule has 0 spiro atoms. The van der Waals surface area contributed by atoms with E-state index >= 15 is 0 Å². The van der Waals surface area contributed by atoms with E-state index in [1.165, 1.54) is 22.4 Å². The predicted octanol–water partition coefficient (Wildman–Crippen LogP) is 2.27. The van der Waals surface area contributed by atoms with Crippen LogP contribution in [0.5, 0.6) is 5.75 Å². The second kappa shape index (κ2) is 4.70. The third kappa shape index (κ3) is 1.92. The van der Waals surface area contributed by atoms with Crippen LogP contribution in [0.4, 0.5) is 0 Å². The highest BCUT2D eigenvalue weighted by molar-refractivity contribution is 5.69. The number of fused-ring (bicyclic) bond motifs is 1. The molecule has 0 aliphatic carbocycles. The molecular weight excluding hydrogens is 238 g/mol. The van der Waals surface area contributed by atoms with E-state index < -0.39 is 0 Å². The minimum Gasteiger partial charge on any atom is -0.493 e. The van der Waals surface area contributed by atoms with Crippen molar-refractivity contribution in [1.29, 1.82) is 0 Å². The van der Waals surface area contributed by atoms with Crippen molar-refractivity contribution in [3.05, 3.63) is 35.2 Å². The third-order valence-electron chi connectivity index (χ3n) is 3.79. The second-order valence-corrected chi connectivity index (χ2v) is 4.89. The number of rotatable bonds is 3. The number of benzene rings is 1. The van der Waals surface area contributed by atoms with Crippen LogP contribution >= 0.6 is 0 Å². The topological polar surface area (TPSA) is 53.1 Å². The van der Waals surface area contributed by atoms with E-state index in [4.69, 9.17) is 10.5 Å². The van der Waals surface area contributed by atoms with Gasteiger partial charge in [0.05, 0.1) is 12.8 Å². The number of hydrogen-bond acceptors (Lipinski definition) is 3. The first-order chi connectivity index (χ1) is 9.24. The summed E-state index contributed by atoms with van der Waals surface area (Å²) < 4.78 is 7.68. The van der Waals surface area contributed by atoms with Crippen LogP contribution in [-0.2, 0) is 19.5 Å². The Bertz CT molecular complexity index is 616. The van der Waals surface area contributed by atoms with E-state index in [9.17, 15) is 0 Å². The highest BCUT2D eigenvalue weighted by atomic mass is 16.5. The van der Waals surface area contributed by atoms with Crippen LogP contribution < -0.4 is 10.5 Å². The summed E-state index contributed by atoms with van der Waals surface area (Å²) in [6.45, 7) is 6.38. The van der Waals surface area contributed by atoms with E-state index in [1.54, 1.807) is 0 Å². The zero-order chi connectivity index (χ0) is 13.4. The predicted molar refractivity (Wildman–Crippen MR) is 75.2 cm³/mol. The average molecular weight is 257 g/mol. The molecule has 0 bridgehead atoms. The number of aryl methyl sites for hydroxylation is 1. The molecule has 1 aromatic carbocycles. The first-order valence-corrected chi connectivity index (χ1v) is 6.76. The maximum atomic E-state index is 5.84. The minimum absolute atomic E-state index is 0.511. The third-order valence-corrected chi connectivity index (χ3v) is 3.79. The Balaban J connectivity index is 2.12. The van der Waals surface area contributed by atoms with E-state index in [-0.39, 0.29) is 0 Å². The van der Waals surface area contributed by atoms with Gasteiger partial charge in [-0.05, 0) is 37.1 Å². The summed E-state index contributed by atoms with van der Waals surface area (Å²) in [5, 5.41) is 4.41. The van der Waals surface area contributed by atoms with E-state index in [1.807, 2.05) is 10.9 Å². The summed E-state index contributed by atoms with van der Waals surface area (Å²) >= 11 is 0. The van der Waals surface area contributed by atoms with E-state index in [0.29, 0.717) is 6.54 Å². The molecule has 1 aliphatic heterocycles. The fourth-order valence-electron chi connectivity index (χ4n) is 2.74. The quantitative estimate of drug-likeness (QED) is 0.917. The fraction of sp³-hybridized carbons (Fsp3) is 0.400. The molecule has 4 nitrogen and oxygen atoms in total. The lowest BCUT2D eigenvalue weighted by atomic mass is 9.98. The highest BCUT2D eigenvalue weighted by Crippen LogP contribution is 2.35. The van der Waals surface area contributed by atoms with Gasteiger partial charge in [-0.3, -0.25) is 4.68 Å². The highest BCUT2D eigenvalue weighted by Gasteiger charge is 2.19. The van der Waals surface area contributed by atoms with Crippen LogP contribution in [0, 0.1) is 6.92 Å². The van der Waals surface area contributed by atoms with Gasteiger partial charge in [-0.25, -0.2) is 0 Å². The van der Waals surface area contributed by atoms with Crippen LogP contribution in [0.15, 0.2) is 18.3 Å². The monoisotopic (exact) mass is 257 g/mol. The molecule has 3 rings (SSSR count). The normalized spacial score (nSPS) is 13.4. The smallest absolute Gasteiger partial charge is 0.127 e. The van der Waals surface area contributed by atoms with Crippen LogP contribution in [0.3, 0.4) is 0 Å². The van der Waals surface area contributed by atoms with Gasteiger partial charge in [0.15, 0.2) is 0 Å². The fourth-order valence-corrected chi connectivity index (χ4v) is 2.74. The van der Waals surface area contributed by atoms with Crippen LogP contribution in [0.25, 0.3) is 11.1 Å². The van der Waals surface area contributed by atoms with Crippen molar-refractivity contribution in [1.82, 2.24) is 9.78 Å². The van der Waals surface area contributed by atoms with Crippen molar-refractivity contribution in [3.63, 3.8) is 0 Å². The molecule has 0 radical (unpaired) electrons. The number of nitrogens with two attached hydrogens (primary N) is 1. The molecule has 0 fully saturated rings. The molecule has 0 saturated heterocycles. The van der Waals surface area contributed by atoms with Crippen LogP contribution in [-0.4, -0.2) is 16.4 Å². The molecule has 100 valence electrons. The van der Waals surface area contributed by atoms with Crippen molar-refractivity contribution >= 4 is 0 Å². The lowest BCUT2D eigenvalue weighted by molar-refractivity contribution is 0.353. The maximum Gasteiger partial charge on any atom is 0.127 e. The lowest BCUT2D eigenvalue weighted by Gasteiger charge is -2.10. The summed E-state index contributed by atoms with van der Waals surface area (Å²) in [5.41, 5.74) is 11.8. The van der Waals surface area contributed by atoms with Crippen LogP contribution in [0.2, 0.25) is 0 Å². The average Bonchev–Trinajstić information content (AvgIpc) is 3.03. The summed E-state index contributed by atoms with van der Waals surface area (Å²) in [6, 6.07) is 4.35. The Labute approximate surface area is 113 Å². The number of ether oxygens (including phenoxy) is 1. The molecule has 1 aromatic heterocycles. The number of hydrogen-bond donors (Lipinski definition) is 1. The molecule has 2 N–H and O–H groups in total. The number of aromatic nitrogens is 2. The zero-order valence-corrected chi connectivity index (χ0v) is 11.4. The zero-order valence-electron chi connectivity index (χ0n) is 11.4. The summed E-state index contributed by atoms with van der Waals surface area (Å²) in [7, 11) is 0. The van der Waals surface area contributed by atoms with Crippen molar-refractivity contribution in [2.75, 3.05) is 6.61 Å². The maximum absolute atomic E-state index is 5.84. The first-order valence-electron chi connectivity index (χ1n) is 6.76. The molecule has 19 heavy (non-hydrogen) atoms. The Kier molecular flexibility index (Phi) is 3.03. The van der Waals surface area contributed by atoms with Crippen molar-refractivity contribution < 1.29 is 4.74 Å². The molecule has 0 atom stereocenters. The van der Waals surface area contributed by atoms with Crippen molar-refractivity contribution in [2.45, 2.75) is 33.4 Å². The molecule has 2 heterocycles. The molecule has 0 amide bonds. The SMILES string of the molecule is CCn1ncc(-c2cc(CN)c3c(c2)CCO3)c1C. The second-order valence-electron chi connectivity index (χ2n) is 4.89. The molecular formula is C15H19N3O. The van der Waals surface area contributed by atoms with Crippen molar-refractivity contribution in [3.8, 4) is 16.9 Å². The van der Waals surface area contributed by atoms with Crippen molar-refractivity contribution in [2.24, 2.45) is 5.73 Å². The summed E-state index contributed by atoms with van der Waals surface area (Å²) in [5.74, 6) is 0.992. The Morgan fingerprint density at radius 1 is 1.42 bits per heavy atom. The van der Waals surface area contributed by atoms with Gasteiger partial charge < -0.3 is 10.5 Å². The summed E-state index contributed by atoms with van der Waals surface area (Å²) in [4.78, 5) is 0. The summed E-state index contributed by atoms with van der Waals surface area (Å²) in [6.07, 6.45) is 2.91. The Morgan fingerprint density at radius 2 is 2.26 bits per heavy atom. The molecule has 4 heteroatoms. The minimum atomic E-state index is 0.511. The van der Waals surface area contributed by atoms with Gasteiger partial charge in [0.25, 0.3) is 0 Å². The Morgan fingerprint density at radius 3 is 2.95 bits per heavy atom. The molecule has 0 saturated carbocycles. The van der Waals surface area contributed by atoms with Gasteiger partial charge in [-0.15, -0.1) is 0 Å². The molecule has 1 aliphatic rings.